The average Bonchev–Trinajstić information content (AvgIpc) is 2.79. The van der Waals surface area contributed by atoms with Gasteiger partial charge in [0.1, 0.15) is 5.76 Å². The molecule has 1 heterocycles. The van der Waals surface area contributed by atoms with Crippen molar-refractivity contribution in [1.29, 1.82) is 0 Å². The second-order valence-corrected chi connectivity index (χ2v) is 3.93. The summed E-state index contributed by atoms with van der Waals surface area (Å²) in [6.07, 6.45) is 2.77. The lowest BCUT2D eigenvalue weighted by Crippen LogP contribution is -2.16. The molecule has 0 unspecified atom stereocenters. The summed E-state index contributed by atoms with van der Waals surface area (Å²) in [6, 6.07) is 12.4. The van der Waals surface area contributed by atoms with Gasteiger partial charge in [-0.05, 0) is 43.1 Å². The van der Waals surface area contributed by atoms with Crippen LogP contribution in [-0.4, -0.2) is 6.54 Å². The van der Waals surface area contributed by atoms with Gasteiger partial charge in [-0.2, -0.15) is 0 Å². The van der Waals surface area contributed by atoms with Crippen molar-refractivity contribution in [1.82, 2.24) is 5.32 Å². The zero-order chi connectivity index (χ0) is 11.2. The molecule has 0 amide bonds. The maximum atomic E-state index is 5.25. The molecule has 0 radical (unpaired) electrons. The van der Waals surface area contributed by atoms with E-state index in [4.69, 9.17) is 4.42 Å². The minimum absolute atomic E-state index is 0.804. The number of benzene rings is 1. The van der Waals surface area contributed by atoms with E-state index >= 15 is 0 Å². The van der Waals surface area contributed by atoms with Gasteiger partial charge in [0.05, 0.1) is 12.8 Å². The molecule has 0 aliphatic rings. The Hall–Kier alpha value is -1.54. The van der Waals surface area contributed by atoms with E-state index in [1.165, 1.54) is 11.1 Å². The highest BCUT2D eigenvalue weighted by atomic mass is 16.3. The molecule has 0 saturated carbocycles. The van der Waals surface area contributed by atoms with Crippen LogP contribution in [0.2, 0.25) is 0 Å². The predicted octanol–water partition coefficient (Wildman–Crippen LogP) is 2.92. The average molecular weight is 215 g/mol. The smallest absolute Gasteiger partial charge is 0.117 e. The molecule has 84 valence electrons. The van der Waals surface area contributed by atoms with Gasteiger partial charge in [-0.15, -0.1) is 0 Å². The highest BCUT2D eigenvalue weighted by Gasteiger charge is 1.97. The molecule has 16 heavy (non-hydrogen) atoms. The number of aryl methyl sites for hydroxylation is 1. The van der Waals surface area contributed by atoms with Gasteiger partial charge < -0.3 is 9.73 Å². The van der Waals surface area contributed by atoms with Crippen molar-refractivity contribution in [3.05, 3.63) is 59.5 Å². The van der Waals surface area contributed by atoms with Gasteiger partial charge in [-0.1, -0.05) is 24.3 Å². The summed E-state index contributed by atoms with van der Waals surface area (Å²) >= 11 is 0. The fourth-order valence-electron chi connectivity index (χ4n) is 1.74. The zero-order valence-corrected chi connectivity index (χ0v) is 9.57. The Bertz CT molecular complexity index is 420. The molecule has 0 aliphatic carbocycles. The van der Waals surface area contributed by atoms with Crippen LogP contribution in [0.25, 0.3) is 0 Å². The van der Waals surface area contributed by atoms with E-state index in [2.05, 4.69) is 36.5 Å². The highest BCUT2D eigenvalue weighted by molar-refractivity contribution is 5.25. The van der Waals surface area contributed by atoms with E-state index in [9.17, 15) is 0 Å². The number of furan rings is 1. The zero-order valence-electron chi connectivity index (χ0n) is 9.57. The third kappa shape index (κ3) is 2.97. The third-order valence-corrected chi connectivity index (χ3v) is 2.71. The molecule has 2 rings (SSSR count). The van der Waals surface area contributed by atoms with Crippen LogP contribution < -0.4 is 5.32 Å². The molecule has 1 aromatic carbocycles. The van der Waals surface area contributed by atoms with Crippen LogP contribution in [-0.2, 0) is 13.0 Å². The largest absolute Gasteiger partial charge is 0.468 e. The second kappa shape index (κ2) is 5.52. The molecule has 0 saturated heterocycles. The molecule has 0 atom stereocenters. The van der Waals surface area contributed by atoms with Crippen molar-refractivity contribution < 1.29 is 4.42 Å². The monoisotopic (exact) mass is 215 g/mol. The maximum absolute atomic E-state index is 5.25. The molecule has 0 bridgehead atoms. The molecule has 1 aromatic heterocycles. The van der Waals surface area contributed by atoms with Crippen molar-refractivity contribution >= 4 is 0 Å². The Balaban J connectivity index is 1.74. The lowest BCUT2D eigenvalue weighted by Gasteiger charge is -2.05. The standard InChI is InChI=1S/C14H17NO/c1-12-5-2-3-6-13(12)8-9-15-11-14-7-4-10-16-14/h2-7,10,15H,8-9,11H2,1H3. The Morgan fingerprint density at radius 2 is 2.00 bits per heavy atom. The first-order chi connectivity index (χ1) is 7.86. The highest BCUT2D eigenvalue weighted by Crippen LogP contribution is 2.07. The Labute approximate surface area is 96.3 Å². The molecule has 2 nitrogen and oxygen atoms in total. The van der Waals surface area contributed by atoms with Gasteiger partial charge >= 0.3 is 0 Å². The quantitative estimate of drug-likeness (QED) is 0.776. The first kappa shape index (κ1) is 11.0. The summed E-state index contributed by atoms with van der Waals surface area (Å²) in [4.78, 5) is 0. The number of hydrogen-bond donors (Lipinski definition) is 1. The van der Waals surface area contributed by atoms with Crippen LogP contribution in [0.5, 0.6) is 0 Å². The third-order valence-electron chi connectivity index (χ3n) is 2.71. The molecular formula is C14H17NO. The van der Waals surface area contributed by atoms with Gasteiger partial charge in [0.25, 0.3) is 0 Å². The summed E-state index contributed by atoms with van der Waals surface area (Å²) < 4.78 is 5.25. The first-order valence-electron chi connectivity index (χ1n) is 5.64. The first-order valence-corrected chi connectivity index (χ1v) is 5.64. The van der Waals surface area contributed by atoms with Crippen LogP contribution in [0.1, 0.15) is 16.9 Å². The summed E-state index contributed by atoms with van der Waals surface area (Å²) in [5, 5.41) is 3.37. The van der Waals surface area contributed by atoms with Gasteiger partial charge in [-0.3, -0.25) is 0 Å². The fraction of sp³-hybridized carbons (Fsp3) is 0.286. The lowest BCUT2D eigenvalue weighted by atomic mass is 10.1. The van der Waals surface area contributed by atoms with Crippen molar-refractivity contribution in [3.63, 3.8) is 0 Å². The molecule has 2 heteroatoms. The van der Waals surface area contributed by atoms with Crippen LogP contribution in [0.15, 0.2) is 47.1 Å². The second-order valence-electron chi connectivity index (χ2n) is 3.93. The van der Waals surface area contributed by atoms with E-state index < -0.39 is 0 Å². The molecule has 2 aromatic rings. The Morgan fingerprint density at radius 3 is 2.75 bits per heavy atom. The minimum atomic E-state index is 0.804. The summed E-state index contributed by atoms with van der Waals surface area (Å²) in [7, 11) is 0. The van der Waals surface area contributed by atoms with Crippen LogP contribution >= 0.6 is 0 Å². The van der Waals surface area contributed by atoms with Crippen molar-refractivity contribution in [2.75, 3.05) is 6.54 Å². The van der Waals surface area contributed by atoms with Gasteiger partial charge in [0, 0.05) is 0 Å². The van der Waals surface area contributed by atoms with E-state index in [1.807, 2.05) is 12.1 Å². The molecule has 0 spiro atoms. The van der Waals surface area contributed by atoms with E-state index in [0.29, 0.717) is 0 Å². The SMILES string of the molecule is Cc1ccccc1CCNCc1ccco1. The van der Waals surface area contributed by atoms with E-state index in [0.717, 1.165) is 25.3 Å². The molecule has 0 fully saturated rings. The van der Waals surface area contributed by atoms with Gasteiger partial charge in [-0.25, -0.2) is 0 Å². The fourth-order valence-corrected chi connectivity index (χ4v) is 1.74. The number of hydrogen-bond acceptors (Lipinski definition) is 2. The minimum Gasteiger partial charge on any atom is -0.468 e. The van der Waals surface area contributed by atoms with Crippen molar-refractivity contribution in [3.8, 4) is 0 Å². The normalized spacial score (nSPS) is 10.6. The summed E-state index contributed by atoms with van der Waals surface area (Å²) in [5.74, 6) is 0.991. The van der Waals surface area contributed by atoms with Gasteiger partial charge in [0.2, 0.25) is 0 Å². The van der Waals surface area contributed by atoms with Crippen molar-refractivity contribution in [2.45, 2.75) is 19.9 Å². The molecule has 1 N–H and O–H groups in total. The summed E-state index contributed by atoms with van der Waals surface area (Å²) in [6.45, 7) is 3.94. The number of rotatable bonds is 5. The van der Waals surface area contributed by atoms with Crippen LogP contribution in [0.4, 0.5) is 0 Å². The van der Waals surface area contributed by atoms with E-state index in [1.54, 1.807) is 6.26 Å². The maximum Gasteiger partial charge on any atom is 0.117 e. The Kier molecular flexibility index (Phi) is 3.78. The molecule has 0 aliphatic heterocycles. The van der Waals surface area contributed by atoms with Crippen LogP contribution in [0.3, 0.4) is 0 Å². The Morgan fingerprint density at radius 1 is 1.12 bits per heavy atom. The number of nitrogens with one attached hydrogen (secondary N) is 1. The molecular weight excluding hydrogens is 198 g/mol. The predicted molar refractivity (Wildman–Crippen MR) is 65.3 cm³/mol. The van der Waals surface area contributed by atoms with Crippen molar-refractivity contribution in [2.24, 2.45) is 0 Å². The van der Waals surface area contributed by atoms with Gasteiger partial charge in [0.15, 0.2) is 0 Å². The lowest BCUT2D eigenvalue weighted by molar-refractivity contribution is 0.484. The summed E-state index contributed by atoms with van der Waals surface area (Å²) in [5.41, 5.74) is 2.77. The van der Waals surface area contributed by atoms with E-state index in [-0.39, 0.29) is 0 Å². The topological polar surface area (TPSA) is 25.2 Å². The van der Waals surface area contributed by atoms with Crippen LogP contribution in [0, 0.1) is 6.92 Å².